The molecule has 3 heterocycles. The van der Waals surface area contributed by atoms with E-state index in [0.29, 0.717) is 73.2 Å². The zero-order chi connectivity index (χ0) is 35.8. The molecule has 13 heteroatoms. The fraction of sp³-hybridized carbons (Fsp3) is 0.553. The summed E-state index contributed by atoms with van der Waals surface area (Å²) in [4.78, 5) is 17.9. The van der Waals surface area contributed by atoms with Gasteiger partial charge in [-0.2, -0.15) is 13.1 Å². The van der Waals surface area contributed by atoms with Crippen molar-refractivity contribution in [3.8, 4) is 11.5 Å². The number of alkyl halides is 2. The number of rotatable bonds is 12. The Morgan fingerprint density at radius 3 is 2.25 bits per heavy atom. The van der Waals surface area contributed by atoms with Crippen LogP contribution in [-0.4, -0.2) is 105 Å². The highest BCUT2D eigenvalue weighted by Gasteiger charge is 2.56. The number of benzene rings is 3. The zero-order valence-corrected chi connectivity index (χ0v) is 29.9. The topological polar surface area (TPSA) is 115 Å². The van der Waals surface area contributed by atoms with Gasteiger partial charge in [-0.05, 0) is 111 Å². The predicted molar refractivity (Wildman–Crippen MR) is 190 cm³/mol. The minimum Gasteiger partial charge on any atom is -0.492 e. The molecule has 0 radical (unpaired) electrons. The average Bonchev–Trinajstić information content (AvgIpc) is 3.73. The fourth-order valence-electron chi connectivity index (χ4n) is 8.25. The molecule has 1 amide bonds. The van der Waals surface area contributed by atoms with E-state index in [-0.39, 0.29) is 29.1 Å². The number of likely N-dealkylation sites (N-methyl/N-ethyl adjacent to an activating group) is 1. The maximum absolute atomic E-state index is 16.9. The van der Waals surface area contributed by atoms with Gasteiger partial charge in [-0.15, -0.1) is 0 Å². The number of halogens is 2. The number of nitrogens with zero attached hydrogens (tertiary/aromatic N) is 3. The van der Waals surface area contributed by atoms with Gasteiger partial charge >= 0.3 is 0 Å². The van der Waals surface area contributed by atoms with Crippen molar-refractivity contribution in [2.75, 3.05) is 46.5 Å². The summed E-state index contributed by atoms with van der Waals surface area (Å²) in [5.74, 6) is -3.68. The molecule has 51 heavy (non-hydrogen) atoms. The summed E-state index contributed by atoms with van der Waals surface area (Å²) < 4.78 is 80.2. The molecule has 3 aromatic carbocycles. The van der Waals surface area contributed by atoms with Crippen molar-refractivity contribution in [1.29, 1.82) is 0 Å². The Morgan fingerprint density at radius 1 is 0.941 bits per heavy atom. The summed E-state index contributed by atoms with van der Waals surface area (Å²) in [7, 11) is -3.50. The Kier molecular flexibility index (Phi) is 10.6. The van der Waals surface area contributed by atoms with Gasteiger partial charge in [0, 0.05) is 50.4 Å². The third kappa shape index (κ3) is 7.59. The first-order valence-corrected chi connectivity index (χ1v) is 19.6. The van der Waals surface area contributed by atoms with Crippen LogP contribution in [-0.2, 0) is 25.5 Å². The predicted octanol–water partition coefficient (Wildman–Crippen LogP) is 5.13. The van der Waals surface area contributed by atoms with Crippen LogP contribution in [0, 0.1) is 0 Å². The molecular formula is C38H48F2N4O6S. The van der Waals surface area contributed by atoms with Crippen LogP contribution in [0.2, 0.25) is 0 Å². The smallest absolute Gasteiger partial charge is 0.298 e. The molecule has 0 aromatic heterocycles. The van der Waals surface area contributed by atoms with E-state index in [1.165, 1.54) is 41.3 Å². The van der Waals surface area contributed by atoms with Gasteiger partial charge in [0.05, 0.1) is 24.2 Å². The molecule has 3 aromatic rings. The molecule has 2 unspecified atom stereocenters. The van der Waals surface area contributed by atoms with Crippen LogP contribution >= 0.6 is 0 Å². The van der Waals surface area contributed by atoms with Gasteiger partial charge < -0.3 is 24.8 Å². The Balaban J connectivity index is 1.15. The van der Waals surface area contributed by atoms with Gasteiger partial charge in [-0.3, -0.25) is 9.69 Å². The summed E-state index contributed by atoms with van der Waals surface area (Å²) in [6, 6.07) is 12.2. The molecule has 4 aliphatic rings. The maximum atomic E-state index is 16.9. The quantitative estimate of drug-likeness (QED) is 0.273. The number of fused-ring (bicyclic) bond motifs is 3. The lowest BCUT2D eigenvalue weighted by atomic mass is 9.94. The minimum atomic E-state index is -4.58. The van der Waals surface area contributed by atoms with Crippen molar-refractivity contribution in [1.82, 2.24) is 14.1 Å². The highest BCUT2D eigenvalue weighted by atomic mass is 32.2. The van der Waals surface area contributed by atoms with Crippen molar-refractivity contribution in [2.45, 2.75) is 92.5 Å². The summed E-state index contributed by atoms with van der Waals surface area (Å²) in [5.41, 5.74) is 5.77. The van der Waals surface area contributed by atoms with Crippen LogP contribution in [0.3, 0.4) is 0 Å². The Bertz CT molecular complexity index is 1790. The largest absolute Gasteiger partial charge is 0.492 e. The van der Waals surface area contributed by atoms with Crippen molar-refractivity contribution in [3.63, 3.8) is 0 Å². The lowest BCUT2D eigenvalue weighted by molar-refractivity contribution is -0.155. The van der Waals surface area contributed by atoms with E-state index in [0.717, 1.165) is 51.2 Å². The lowest BCUT2D eigenvalue weighted by Gasteiger charge is -2.42. The van der Waals surface area contributed by atoms with E-state index in [2.05, 4.69) is 4.90 Å². The Morgan fingerprint density at radius 2 is 1.57 bits per heavy atom. The number of nitrogens with two attached hydrogens (primary N) is 1. The number of carbonyl (C=O) groups is 1. The zero-order valence-electron chi connectivity index (χ0n) is 29.1. The third-order valence-electron chi connectivity index (χ3n) is 11.0. The van der Waals surface area contributed by atoms with E-state index < -0.39 is 33.5 Å². The summed E-state index contributed by atoms with van der Waals surface area (Å²) in [6.07, 6.45) is 6.72. The highest BCUT2D eigenvalue weighted by molar-refractivity contribution is 7.89. The third-order valence-corrected chi connectivity index (χ3v) is 12.9. The average molecular weight is 727 g/mol. The minimum absolute atomic E-state index is 0.135. The second kappa shape index (κ2) is 14.9. The Labute approximate surface area is 298 Å². The standard InChI is InChI=1S/C38H48F2N4O6S/c1-42(51(46,47)35-15-7-26-22-34(12-6-27(26)23-35)50-33-4-2-3-5-33)36(37(45)44-30-10-11-31(44)25-29(41)24-30)38(39,40)28-8-13-32(14-9-28)49-21-18-43-16-19-48-20-17-43/h6-9,12-15,22-23,29-31,33,36H,2-5,10-11,16-21,24-25,41H2,1H3/t29?,30?,31?,36-/m1/s1. The number of hydrogen-bond acceptors (Lipinski definition) is 8. The maximum Gasteiger partial charge on any atom is 0.298 e. The molecule has 3 atom stereocenters. The normalized spacial score (nSPS) is 23.9. The second-order valence-corrected chi connectivity index (χ2v) is 16.4. The van der Waals surface area contributed by atoms with Crippen molar-refractivity contribution >= 4 is 26.7 Å². The molecule has 276 valence electrons. The first-order valence-electron chi connectivity index (χ1n) is 18.2. The van der Waals surface area contributed by atoms with Crippen molar-refractivity contribution in [2.24, 2.45) is 5.73 Å². The lowest BCUT2D eigenvalue weighted by Crippen LogP contribution is -2.61. The number of ether oxygens (including phenoxy) is 3. The number of sulfonamides is 1. The number of piperidine rings is 1. The monoisotopic (exact) mass is 726 g/mol. The summed E-state index contributed by atoms with van der Waals surface area (Å²) >= 11 is 0. The van der Waals surface area contributed by atoms with Gasteiger partial charge in [0.1, 0.15) is 18.1 Å². The van der Waals surface area contributed by atoms with Crippen LogP contribution in [0.1, 0.15) is 56.9 Å². The van der Waals surface area contributed by atoms with Crippen molar-refractivity contribution in [3.05, 3.63) is 66.2 Å². The molecule has 4 fully saturated rings. The van der Waals surface area contributed by atoms with Gasteiger partial charge in [0.15, 0.2) is 6.04 Å². The van der Waals surface area contributed by atoms with Crippen LogP contribution in [0.25, 0.3) is 10.8 Å². The van der Waals surface area contributed by atoms with Gasteiger partial charge in [0.2, 0.25) is 15.9 Å². The van der Waals surface area contributed by atoms with E-state index in [1.54, 1.807) is 18.2 Å². The van der Waals surface area contributed by atoms with Crippen LogP contribution in [0.4, 0.5) is 8.78 Å². The molecule has 0 spiro atoms. The molecular weight excluding hydrogens is 679 g/mol. The number of morpholine rings is 1. The molecule has 1 aliphatic carbocycles. The van der Waals surface area contributed by atoms with Crippen LogP contribution in [0.5, 0.6) is 11.5 Å². The van der Waals surface area contributed by atoms with Gasteiger partial charge in [0.25, 0.3) is 5.92 Å². The summed E-state index contributed by atoms with van der Waals surface area (Å²) in [5, 5.41) is 1.38. The second-order valence-electron chi connectivity index (χ2n) is 14.4. The van der Waals surface area contributed by atoms with Crippen LogP contribution < -0.4 is 15.2 Å². The SMILES string of the molecule is CN([C@H](C(=O)N1C2CCC1CC(N)C2)C(F)(F)c1ccc(OCCN2CCOCC2)cc1)S(=O)(=O)c1ccc2cc(OC3CCCC3)ccc2c1. The number of amides is 1. The van der Waals surface area contributed by atoms with E-state index >= 15 is 8.78 Å². The van der Waals surface area contributed by atoms with Crippen LogP contribution in [0.15, 0.2) is 65.6 Å². The number of carbonyl (C=O) groups excluding carboxylic acids is 1. The molecule has 1 saturated carbocycles. The molecule has 2 bridgehead atoms. The van der Waals surface area contributed by atoms with E-state index in [1.807, 2.05) is 6.07 Å². The molecule has 7 rings (SSSR count). The molecule has 2 N–H and O–H groups in total. The van der Waals surface area contributed by atoms with E-state index in [9.17, 15) is 13.2 Å². The van der Waals surface area contributed by atoms with Gasteiger partial charge in [-0.1, -0.05) is 12.1 Å². The highest BCUT2D eigenvalue weighted by Crippen LogP contribution is 2.42. The van der Waals surface area contributed by atoms with Gasteiger partial charge in [-0.25, -0.2) is 8.42 Å². The van der Waals surface area contributed by atoms with E-state index in [4.69, 9.17) is 19.9 Å². The molecule has 10 nitrogen and oxygen atoms in total. The number of hydrogen-bond donors (Lipinski definition) is 1. The fourth-order valence-corrected chi connectivity index (χ4v) is 9.60. The summed E-state index contributed by atoms with van der Waals surface area (Å²) in [6.45, 7) is 3.99. The molecule has 3 saturated heterocycles. The first-order chi connectivity index (χ1) is 24.5. The molecule has 3 aliphatic heterocycles. The van der Waals surface area contributed by atoms with Crippen molar-refractivity contribution < 1.29 is 36.2 Å². The Hall–Kier alpha value is -3.36. The first kappa shape index (κ1) is 36.0.